The third-order valence-electron chi connectivity index (χ3n) is 4.34. The second kappa shape index (κ2) is 5.98. The van der Waals surface area contributed by atoms with Gasteiger partial charge in [-0.05, 0) is 29.1 Å². The van der Waals surface area contributed by atoms with E-state index in [0.29, 0.717) is 0 Å². The third-order valence-corrected chi connectivity index (χ3v) is 4.34. The SMILES string of the molecule is O=c1c2cc(F)c(F)cc2c2cc(F)c(F)cc2n1Cc1ccccc1. The zero-order chi connectivity index (χ0) is 18.4. The monoisotopic (exact) mass is 357 g/mol. The van der Waals surface area contributed by atoms with Gasteiger partial charge in [0.15, 0.2) is 23.3 Å². The molecule has 26 heavy (non-hydrogen) atoms. The molecule has 0 unspecified atom stereocenters. The molecule has 0 N–H and O–H groups in total. The number of benzene rings is 3. The van der Waals surface area contributed by atoms with Crippen LogP contribution in [0.3, 0.4) is 0 Å². The minimum absolute atomic E-state index is 0.0344. The Kier molecular flexibility index (Phi) is 3.76. The van der Waals surface area contributed by atoms with Crippen molar-refractivity contribution in [2.24, 2.45) is 0 Å². The second-order valence-corrected chi connectivity index (χ2v) is 5.97. The summed E-state index contributed by atoms with van der Waals surface area (Å²) < 4.78 is 56.2. The number of hydrogen-bond acceptors (Lipinski definition) is 1. The van der Waals surface area contributed by atoms with Gasteiger partial charge in [-0.3, -0.25) is 4.79 Å². The summed E-state index contributed by atoms with van der Waals surface area (Å²) >= 11 is 0. The van der Waals surface area contributed by atoms with Gasteiger partial charge in [-0.25, -0.2) is 17.6 Å². The molecular formula is C20H11F4NO. The lowest BCUT2D eigenvalue weighted by atomic mass is 10.0. The molecule has 1 heterocycles. The van der Waals surface area contributed by atoms with Crippen molar-refractivity contribution < 1.29 is 17.6 Å². The Hall–Kier alpha value is -3.15. The molecule has 3 aromatic carbocycles. The van der Waals surface area contributed by atoms with E-state index in [4.69, 9.17) is 0 Å². The van der Waals surface area contributed by atoms with Crippen LogP contribution in [-0.2, 0) is 6.54 Å². The fourth-order valence-corrected chi connectivity index (χ4v) is 3.10. The van der Waals surface area contributed by atoms with Gasteiger partial charge >= 0.3 is 0 Å². The standard InChI is InChI=1S/C20H11F4NO/c21-15-6-12-13-7-16(22)18(24)9-19(13)25(10-11-4-2-1-3-5-11)20(26)14(12)8-17(15)23/h1-9H,10H2. The first kappa shape index (κ1) is 16.3. The molecule has 0 spiro atoms. The largest absolute Gasteiger partial charge is 0.303 e. The Morgan fingerprint density at radius 1 is 0.692 bits per heavy atom. The lowest BCUT2D eigenvalue weighted by molar-refractivity contribution is 0.509. The van der Waals surface area contributed by atoms with Crippen LogP contribution in [0, 0.1) is 23.3 Å². The summed E-state index contributed by atoms with van der Waals surface area (Å²) in [6.45, 7) is 0.0795. The van der Waals surface area contributed by atoms with E-state index in [1.807, 2.05) is 0 Å². The molecule has 0 aliphatic rings. The summed E-state index contributed by atoms with van der Waals surface area (Å²) in [5, 5.41) is 0.0683. The van der Waals surface area contributed by atoms with Crippen molar-refractivity contribution in [2.75, 3.05) is 0 Å². The van der Waals surface area contributed by atoms with Crippen molar-refractivity contribution in [1.82, 2.24) is 4.57 Å². The smallest absolute Gasteiger partial charge is 0.259 e. The Morgan fingerprint density at radius 2 is 1.23 bits per heavy atom. The summed E-state index contributed by atoms with van der Waals surface area (Å²) in [6.07, 6.45) is 0. The van der Waals surface area contributed by atoms with Gasteiger partial charge in [-0.2, -0.15) is 0 Å². The van der Waals surface area contributed by atoms with E-state index in [-0.39, 0.29) is 28.2 Å². The molecule has 4 rings (SSSR count). The van der Waals surface area contributed by atoms with E-state index in [1.165, 1.54) is 4.57 Å². The van der Waals surface area contributed by atoms with Crippen molar-refractivity contribution >= 4 is 21.7 Å². The summed E-state index contributed by atoms with van der Waals surface area (Å²) in [7, 11) is 0. The topological polar surface area (TPSA) is 22.0 Å². The van der Waals surface area contributed by atoms with Crippen molar-refractivity contribution in [2.45, 2.75) is 6.54 Å². The predicted molar refractivity (Wildman–Crippen MR) is 91.1 cm³/mol. The van der Waals surface area contributed by atoms with E-state index >= 15 is 0 Å². The number of fused-ring (bicyclic) bond motifs is 3. The quantitative estimate of drug-likeness (QED) is 0.375. The number of aromatic nitrogens is 1. The molecule has 1 aromatic heterocycles. The van der Waals surface area contributed by atoms with Crippen molar-refractivity contribution in [3.63, 3.8) is 0 Å². The van der Waals surface area contributed by atoms with Gasteiger partial charge in [-0.15, -0.1) is 0 Å². The molecule has 0 radical (unpaired) electrons. The van der Waals surface area contributed by atoms with E-state index < -0.39 is 28.8 Å². The number of hydrogen-bond donors (Lipinski definition) is 0. The minimum atomic E-state index is -1.18. The molecule has 0 aliphatic heterocycles. The molecule has 2 nitrogen and oxygen atoms in total. The van der Waals surface area contributed by atoms with Crippen LogP contribution in [0.15, 0.2) is 59.4 Å². The van der Waals surface area contributed by atoms with E-state index in [2.05, 4.69) is 0 Å². The fourth-order valence-electron chi connectivity index (χ4n) is 3.10. The molecule has 6 heteroatoms. The highest BCUT2D eigenvalue weighted by atomic mass is 19.2. The van der Waals surface area contributed by atoms with Gasteiger partial charge in [0, 0.05) is 11.5 Å². The summed E-state index contributed by atoms with van der Waals surface area (Å²) in [5.74, 6) is -4.60. The molecule has 0 saturated carbocycles. The van der Waals surface area contributed by atoms with Gasteiger partial charge in [-0.1, -0.05) is 30.3 Å². The van der Waals surface area contributed by atoms with E-state index in [0.717, 1.165) is 29.8 Å². The summed E-state index contributed by atoms with van der Waals surface area (Å²) in [6, 6.07) is 12.3. The molecule has 0 amide bonds. The molecule has 0 saturated heterocycles. The van der Waals surface area contributed by atoms with Crippen LogP contribution in [0.5, 0.6) is 0 Å². The Balaban J connectivity index is 2.14. The third kappa shape index (κ3) is 2.54. The van der Waals surface area contributed by atoms with E-state index in [1.54, 1.807) is 30.3 Å². The van der Waals surface area contributed by atoms with Crippen molar-refractivity contribution in [1.29, 1.82) is 0 Å². The van der Waals surface area contributed by atoms with Crippen LogP contribution in [-0.4, -0.2) is 4.57 Å². The van der Waals surface area contributed by atoms with Crippen LogP contribution in [0.2, 0.25) is 0 Å². The average molecular weight is 357 g/mol. The molecule has 4 aromatic rings. The molecule has 130 valence electrons. The second-order valence-electron chi connectivity index (χ2n) is 5.97. The predicted octanol–water partition coefficient (Wildman–Crippen LogP) is 4.76. The minimum Gasteiger partial charge on any atom is -0.303 e. The van der Waals surface area contributed by atoms with E-state index in [9.17, 15) is 22.4 Å². The fraction of sp³-hybridized carbons (Fsp3) is 0.0500. The Morgan fingerprint density at radius 3 is 1.88 bits per heavy atom. The van der Waals surface area contributed by atoms with Crippen LogP contribution in [0.4, 0.5) is 17.6 Å². The number of pyridine rings is 1. The highest BCUT2D eigenvalue weighted by Gasteiger charge is 2.17. The molecule has 0 atom stereocenters. The molecule has 0 bridgehead atoms. The van der Waals surface area contributed by atoms with Crippen LogP contribution in [0.25, 0.3) is 21.7 Å². The first-order valence-corrected chi connectivity index (χ1v) is 7.80. The maximum absolute atomic E-state index is 13.8. The number of halogens is 4. The Labute approximate surface area is 144 Å². The summed E-state index contributed by atoms with van der Waals surface area (Å²) in [5.41, 5.74) is 0.250. The number of nitrogens with zero attached hydrogens (tertiary/aromatic N) is 1. The maximum Gasteiger partial charge on any atom is 0.259 e. The zero-order valence-corrected chi connectivity index (χ0v) is 13.3. The van der Waals surface area contributed by atoms with Gasteiger partial charge < -0.3 is 4.57 Å². The lowest BCUT2D eigenvalue weighted by Gasteiger charge is -2.14. The van der Waals surface area contributed by atoms with Gasteiger partial charge in [0.25, 0.3) is 5.56 Å². The first-order chi connectivity index (χ1) is 12.5. The molecule has 0 fully saturated rings. The highest BCUT2D eigenvalue weighted by molar-refractivity contribution is 6.05. The summed E-state index contributed by atoms with van der Waals surface area (Å²) in [4.78, 5) is 12.9. The van der Waals surface area contributed by atoms with Crippen LogP contribution >= 0.6 is 0 Å². The molecule has 0 aliphatic carbocycles. The van der Waals surface area contributed by atoms with Gasteiger partial charge in [0.1, 0.15) is 0 Å². The highest BCUT2D eigenvalue weighted by Crippen LogP contribution is 2.27. The first-order valence-electron chi connectivity index (χ1n) is 7.80. The van der Waals surface area contributed by atoms with Crippen LogP contribution in [0.1, 0.15) is 5.56 Å². The molecular weight excluding hydrogens is 346 g/mol. The van der Waals surface area contributed by atoms with Gasteiger partial charge in [0.2, 0.25) is 0 Å². The number of rotatable bonds is 2. The van der Waals surface area contributed by atoms with Gasteiger partial charge in [0.05, 0.1) is 17.4 Å². The normalized spacial score (nSPS) is 11.4. The Bertz CT molecular complexity index is 1220. The average Bonchev–Trinajstić information content (AvgIpc) is 2.63. The zero-order valence-electron chi connectivity index (χ0n) is 13.3. The van der Waals surface area contributed by atoms with Crippen molar-refractivity contribution in [3.05, 3.63) is 93.8 Å². The van der Waals surface area contributed by atoms with Crippen molar-refractivity contribution in [3.8, 4) is 0 Å². The lowest BCUT2D eigenvalue weighted by Crippen LogP contribution is -2.22. The van der Waals surface area contributed by atoms with Crippen LogP contribution < -0.4 is 5.56 Å². The maximum atomic E-state index is 13.8.